The first-order valence-corrected chi connectivity index (χ1v) is 10.5. The molecule has 28 heavy (non-hydrogen) atoms. The first-order chi connectivity index (χ1) is 13.8. The van der Waals surface area contributed by atoms with E-state index in [2.05, 4.69) is 28.1 Å². The van der Waals surface area contributed by atoms with Gasteiger partial charge in [-0.15, -0.1) is 0 Å². The molecule has 0 radical (unpaired) electrons. The SMILES string of the molecule is N#CCCn1cc(/C=C/C(=O)NCCSCc2ccccc2)c2ccccc21. The van der Waals surface area contributed by atoms with Crippen molar-refractivity contribution in [2.24, 2.45) is 0 Å². The molecule has 0 spiro atoms. The van der Waals surface area contributed by atoms with Crippen LogP contribution in [0.2, 0.25) is 0 Å². The van der Waals surface area contributed by atoms with Gasteiger partial charge in [-0.05, 0) is 17.7 Å². The summed E-state index contributed by atoms with van der Waals surface area (Å²) in [6.07, 6.45) is 5.89. The summed E-state index contributed by atoms with van der Waals surface area (Å²) in [7, 11) is 0. The second-order valence-corrected chi connectivity index (χ2v) is 7.47. The van der Waals surface area contributed by atoms with Gasteiger partial charge in [0, 0.05) is 53.3 Å². The Balaban J connectivity index is 1.50. The van der Waals surface area contributed by atoms with E-state index >= 15 is 0 Å². The van der Waals surface area contributed by atoms with Crippen LogP contribution < -0.4 is 5.32 Å². The van der Waals surface area contributed by atoms with Crippen LogP contribution in [0.3, 0.4) is 0 Å². The monoisotopic (exact) mass is 389 g/mol. The predicted octanol–water partition coefficient (Wildman–Crippen LogP) is 4.62. The smallest absolute Gasteiger partial charge is 0.244 e. The number of fused-ring (bicyclic) bond motifs is 1. The minimum atomic E-state index is -0.0887. The van der Waals surface area contributed by atoms with Gasteiger partial charge in [-0.1, -0.05) is 48.5 Å². The van der Waals surface area contributed by atoms with E-state index in [1.807, 2.05) is 66.5 Å². The molecule has 2 aromatic carbocycles. The maximum Gasteiger partial charge on any atom is 0.244 e. The number of hydrogen-bond acceptors (Lipinski definition) is 3. The van der Waals surface area contributed by atoms with Crippen molar-refractivity contribution in [3.63, 3.8) is 0 Å². The van der Waals surface area contributed by atoms with Crippen LogP contribution in [0, 0.1) is 11.3 Å². The van der Waals surface area contributed by atoms with Crippen LogP contribution in [0.5, 0.6) is 0 Å². The molecule has 1 N–H and O–H groups in total. The molecule has 0 aliphatic heterocycles. The lowest BCUT2D eigenvalue weighted by atomic mass is 10.1. The first kappa shape index (κ1) is 19.8. The van der Waals surface area contributed by atoms with Crippen molar-refractivity contribution in [1.29, 1.82) is 5.26 Å². The Morgan fingerprint density at radius 1 is 1.14 bits per heavy atom. The number of nitriles is 1. The number of nitrogens with zero attached hydrogens (tertiary/aromatic N) is 2. The lowest BCUT2D eigenvalue weighted by Crippen LogP contribution is -2.23. The number of aromatic nitrogens is 1. The molecule has 0 aliphatic carbocycles. The summed E-state index contributed by atoms with van der Waals surface area (Å²) in [4.78, 5) is 12.1. The molecule has 0 fully saturated rings. The largest absolute Gasteiger partial charge is 0.352 e. The van der Waals surface area contributed by atoms with Gasteiger partial charge in [-0.3, -0.25) is 4.79 Å². The average Bonchev–Trinajstić information content (AvgIpc) is 3.09. The Bertz CT molecular complexity index is 986. The third kappa shape index (κ3) is 5.51. The number of thioether (sulfide) groups is 1. The van der Waals surface area contributed by atoms with Gasteiger partial charge in [0.1, 0.15) is 0 Å². The second kappa shape index (κ2) is 10.4. The average molecular weight is 390 g/mol. The van der Waals surface area contributed by atoms with Crippen LogP contribution >= 0.6 is 11.8 Å². The van der Waals surface area contributed by atoms with E-state index in [-0.39, 0.29) is 5.91 Å². The number of hydrogen-bond donors (Lipinski definition) is 1. The van der Waals surface area contributed by atoms with Crippen LogP contribution in [-0.4, -0.2) is 22.8 Å². The highest BCUT2D eigenvalue weighted by Gasteiger charge is 2.06. The molecule has 4 nitrogen and oxygen atoms in total. The molecular formula is C23H23N3OS. The van der Waals surface area contributed by atoms with Gasteiger partial charge in [-0.25, -0.2) is 0 Å². The highest BCUT2D eigenvalue weighted by Crippen LogP contribution is 2.22. The number of carbonyl (C=O) groups is 1. The number of benzene rings is 2. The predicted molar refractivity (Wildman–Crippen MR) is 117 cm³/mol. The van der Waals surface area contributed by atoms with Crippen molar-refractivity contribution in [3.8, 4) is 6.07 Å². The maximum absolute atomic E-state index is 12.1. The van der Waals surface area contributed by atoms with Crippen LogP contribution in [0.4, 0.5) is 0 Å². The van der Waals surface area contributed by atoms with Gasteiger partial charge in [0.05, 0.1) is 12.5 Å². The summed E-state index contributed by atoms with van der Waals surface area (Å²) < 4.78 is 2.07. The minimum absolute atomic E-state index is 0.0887. The number of amides is 1. The second-order valence-electron chi connectivity index (χ2n) is 6.37. The first-order valence-electron chi connectivity index (χ1n) is 9.30. The van der Waals surface area contributed by atoms with Crippen molar-refractivity contribution >= 4 is 34.6 Å². The molecule has 0 atom stereocenters. The summed E-state index contributed by atoms with van der Waals surface area (Å²) in [5, 5.41) is 12.9. The molecule has 1 aromatic heterocycles. The topological polar surface area (TPSA) is 57.8 Å². The third-order valence-corrected chi connectivity index (χ3v) is 5.39. The van der Waals surface area contributed by atoms with Crippen LogP contribution in [-0.2, 0) is 17.1 Å². The van der Waals surface area contributed by atoms with Crippen LogP contribution in [0.1, 0.15) is 17.5 Å². The molecule has 3 aromatic rings. The fourth-order valence-corrected chi connectivity index (χ4v) is 3.82. The van der Waals surface area contributed by atoms with Gasteiger partial charge in [0.15, 0.2) is 0 Å². The van der Waals surface area contributed by atoms with E-state index in [0.717, 1.165) is 28.0 Å². The van der Waals surface area contributed by atoms with Gasteiger partial charge in [-0.2, -0.15) is 17.0 Å². The summed E-state index contributed by atoms with van der Waals surface area (Å²) in [6.45, 7) is 1.29. The summed E-state index contributed by atoms with van der Waals surface area (Å²) in [6, 6.07) is 20.5. The molecule has 5 heteroatoms. The molecule has 0 unspecified atom stereocenters. The molecule has 142 valence electrons. The fourth-order valence-electron chi connectivity index (χ4n) is 3.00. The van der Waals surface area contributed by atoms with Crippen molar-refractivity contribution in [2.75, 3.05) is 12.3 Å². The molecule has 3 rings (SSSR count). The molecule has 1 heterocycles. The number of aryl methyl sites for hydroxylation is 1. The number of carbonyl (C=O) groups excluding carboxylic acids is 1. The molecule has 0 saturated carbocycles. The van der Waals surface area contributed by atoms with Crippen LogP contribution in [0.25, 0.3) is 17.0 Å². The zero-order valence-electron chi connectivity index (χ0n) is 15.7. The zero-order chi connectivity index (χ0) is 19.6. The Kier molecular flexibility index (Phi) is 7.34. The van der Waals surface area contributed by atoms with Crippen LogP contribution in [0.15, 0.2) is 66.9 Å². The lowest BCUT2D eigenvalue weighted by Gasteiger charge is -2.03. The molecule has 0 bridgehead atoms. The van der Waals surface area contributed by atoms with E-state index in [9.17, 15) is 4.79 Å². The fraction of sp³-hybridized carbons (Fsp3) is 0.217. The summed E-state index contributed by atoms with van der Waals surface area (Å²) >= 11 is 1.81. The molecule has 1 amide bonds. The lowest BCUT2D eigenvalue weighted by molar-refractivity contribution is -0.116. The van der Waals surface area contributed by atoms with Gasteiger partial charge < -0.3 is 9.88 Å². The minimum Gasteiger partial charge on any atom is -0.352 e. The Labute approximate surface area is 169 Å². The number of rotatable bonds is 9. The van der Waals surface area contributed by atoms with E-state index in [0.29, 0.717) is 19.5 Å². The molecule has 0 aliphatic rings. The van der Waals surface area contributed by atoms with E-state index in [1.54, 1.807) is 6.08 Å². The maximum atomic E-state index is 12.1. The quantitative estimate of drug-likeness (QED) is 0.429. The van der Waals surface area contributed by atoms with Crippen molar-refractivity contribution in [3.05, 3.63) is 78.0 Å². The van der Waals surface area contributed by atoms with E-state index in [4.69, 9.17) is 5.26 Å². The highest BCUT2D eigenvalue weighted by molar-refractivity contribution is 7.98. The van der Waals surface area contributed by atoms with Crippen molar-refractivity contribution in [2.45, 2.75) is 18.7 Å². The van der Waals surface area contributed by atoms with Crippen molar-refractivity contribution < 1.29 is 4.79 Å². The number of nitrogens with one attached hydrogen (secondary N) is 1. The molecular weight excluding hydrogens is 366 g/mol. The van der Waals surface area contributed by atoms with E-state index in [1.165, 1.54) is 5.56 Å². The highest BCUT2D eigenvalue weighted by atomic mass is 32.2. The Morgan fingerprint density at radius 2 is 1.93 bits per heavy atom. The Hall–Kier alpha value is -2.97. The zero-order valence-corrected chi connectivity index (χ0v) is 16.5. The van der Waals surface area contributed by atoms with Crippen molar-refractivity contribution in [1.82, 2.24) is 9.88 Å². The summed E-state index contributed by atoms with van der Waals surface area (Å²) in [5.74, 6) is 1.74. The van der Waals surface area contributed by atoms with Gasteiger partial charge in [0.2, 0.25) is 5.91 Å². The van der Waals surface area contributed by atoms with Gasteiger partial charge >= 0.3 is 0 Å². The van der Waals surface area contributed by atoms with E-state index < -0.39 is 0 Å². The molecule has 0 saturated heterocycles. The summed E-state index contributed by atoms with van der Waals surface area (Å²) in [5.41, 5.74) is 3.36. The standard InChI is InChI=1S/C23H23N3OS/c24-13-6-15-26-17-20(21-9-4-5-10-22(21)26)11-12-23(27)25-14-16-28-18-19-7-2-1-3-8-19/h1-5,7-12,17H,6,14-16,18H2,(H,25,27)/b12-11+. The third-order valence-electron chi connectivity index (χ3n) is 4.36. The van der Waals surface area contributed by atoms with Gasteiger partial charge in [0.25, 0.3) is 0 Å². The Morgan fingerprint density at radius 3 is 2.75 bits per heavy atom. The number of para-hydroxylation sites is 1. The normalized spacial score (nSPS) is 11.0.